The lowest BCUT2D eigenvalue weighted by Crippen LogP contribution is -2.24. The minimum absolute atomic E-state index is 0.0336. The minimum Gasteiger partial charge on any atom is -0.462 e. The SMILES string of the molecule is O=C(OCC1c2ccccc2-c2ccccc21)C(Cl)(Cl)Cl. The third-order valence-corrected chi connectivity index (χ3v) is 4.04. The van der Waals surface area contributed by atoms with Crippen LogP contribution in [0.5, 0.6) is 0 Å². The molecule has 0 saturated carbocycles. The molecule has 1 aliphatic rings. The van der Waals surface area contributed by atoms with Gasteiger partial charge in [0, 0.05) is 5.92 Å². The summed E-state index contributed by atoms with van der Waals surface area (Å²) in [5.41, 5.74) is 4.55. The van der Waals surface area contributed by atoms with Crippen LogP contribution in [-0.2, 0) is 9.53 Å². The monoisotopic (exact) mass is 340 g/mol. The number of fused-ring (bicyclic) bond motifs is 3. The molecule has 0 saturated heterocycles. The van der Waals surface area contributed by atoms with E-state index in [2.05, 4.69) is 12.1 Å². The fourth-order valence-corrected chi connectivity index (χ4v) is 2.84. The van der Waals surface area contributed by atoms with Gasteiger partial charge in [-0.1, -0.05) is 83.3 Å². The molecule has 0 N–H and O–H groups in total. The fourth-order valence-electron chi connectivity index (χ4n) is 2.68. The third kappa shape index (κ3) is 2.76. The molecule has 0 spiro atoms. The molecule has 0 heterocycles. The Kier molecular flexibility index (Phi) is 3.87. The van der Waals surface area contributed by atoms with Crippen molar-refractivity contribution in [2.24, 2.45) is 0 Å². The lowest BCUT2D eigenvalue weighted by molar-refractivity contribution is -0.142. The second kappa shape index (κ2) is 5.53. The number of ether oxygens (including phenoxy) is 1. The number of rotatable bonds is 2. The second-order valence-electron chi connectivity index (χ2n) is 4.82. The Labute approximate surface area is 137 Å². The predicted octanol–water partition coefficient (Wildman–Crippen LogP) is 4.71. The highest BCUT2D eigenvalue weighted by atomic mass is 35.6. The van der Waals surface area contributed by atoms with Crippen LogP contribution in [-0.4, -0.2) is 16.4 Å². The van der Waals surface area contributed by atoms with Crippen molar-refractivity contribution in [2.45, 2.75) is 9.71 Å². The first-order valence-corrected chi connectivity index (χ1v) is 7.54. The number of hydrogen-bond acceptors (Lipinski definition) is 2. The van der Waals surface area contributed by atoms with E-state index in [1.54, 1.807) is 0 Å². The van der Waals surface area contributed by atoms with E-state index in [1.807, 2.05) is 36.4 Å². The van der Waals surface area contributed by atoms with Gasteiger partial charge in [-0.05, 0) is 22.3 Å². The Hall–Kier alpha value is -1.22. The topological polar surface area (TPSA) is 26.3 Å². The van der Waals surface area contributed by atoms with Crippen LogP contribution in [0.2, 0.25) is 0 Å². The largest absolute Gasteiger partial charge is 0.462 e. The van der Waals surface area contributed by atoms with Gasteiger partial charge in [-0.25, -0.2) is 4.79 Å². The van der Waals surface area contributed by atoms with Crippen LogP contribution in [0.1, 0.15) is 17.0 Å². The van der Waals surface area contributed by atoms with Crippen molar-refractivity contribution in [3.05, 3.63) is 59.7 Å². The van der Waals surface area contributed by atoms with Crippen LogP contribution in [0, 0.1) is 0 Å². The van der Waals surface area contributed by atoms with Crippen LogP contribution in [0.15, 0.2) is 48.5 Å². The average Bonchev–Trinajstić information content (AvgIpc) is 2.78. The summed E-state index contributed by atoms with van der Waals surface area (Å²) >= 11 is 16.6. The van der Waals surface area contributed by atoms with Crippen LogP contribution >= 0.6 is 34.8 Å². The number of benzene rings is 2. The van der Waals surface area contributed by atoms with E-state index in [4.69, 9.17) is 39.5 Å². The number of alkyl halides is 3. The molecule has 0 radical (unpaired) electrons. The zero-order valence-electron chi connectivity index (χ0n) is 10.9. The second-order valence-corrected chi connectivity index (χ2v) is 7.10. The van der Waals surface area contributed by atoms with Gasteiger partial charge in [-0.3, -0.25) is 0 Å². The molecule has 0 aromatic heterocycles. The molecule has 2 nitrogen and oxygen atoms in total. The first-order chi connectivity index (χ1) is 9.98. The van der Waals surface area contributed by atoms with E-state index < -0.39 is 9.76 Å². The molecule has 2 aromatic carbocycles. The van der Waals surface area contributed by atoms with Gasteiger partial charge >= 0.3 is 5.97 Å². The zero-order chi connectivity index (χ0) is 15.0. The standard InChI is InChI=1S/C16H11Cl3O2/c17-16(18,19)15(20)21-9-14-12-7-3-1-5-10(12)11-6-2-4-8-13(11)14/h1-8,14H,9H2. The maximum atomic E-state index is 11.6. The molecule has 108 valence electrons. The quantitative estimate of drug-likeness (QED) is 0.584. The van der Waals surface area contributed by atoms with Crippen molar-refractivity contribution < 1.29 is 9.53 Å². The predicted molar refractivity (Wildman–Crippen MR) is 85.0 cm³/mol. The van der Waals surface area contributed by atoms with Gasteiger partial charge in [0.2, 0.25) is 0 Å². The average molecular weight is 342 g/mol. The van der Waals surface area contributed by atoms with Crippen LogP contribution < -0.4 is 0 Å². The molecule has 1 aliphatic carbocycles. The first-order valence-electron chi connectivity index (χ1n) is 6.40. The lowest BCUT2D eigenvalue weighted by atomic mass is 9.98. The lowest BCUT2D eigenvalue weighted by Gasteiger charge is -2.16. The maximum Gasteiger partial charge on any atom is 0.358 e. The summed E-state index contributed by atoms with van der Waals surface area (Å²) in [5.74, 6) is -0.886. The van der Waals surface area contributed by atoms with E-state index in [0.717, 1.165) is 22.3 Å². The normalized spacial score (nSPS) is 13.7. The zero-order valence-corrected chi connectivity index (χ0v) is 13.1. The number of esters is 1. The summed E-state index contributed by atoms with van der Waals surface area (Å²) in [7, 11) is 0. The van der Waals surface area contributed by atoms with E-state index in [9.17, 15) is 4.79 Å². The molecule has 3 rings (SSSR count). The maximum absolute atomic E-state index is 11.6. The van der Waals surface area contributed by atoms with Crippen LogP contribution in [0.25, 0.3) is 11.1 Å². The molecule has 0 aliphatic heterocycles. The highest BCUT2D eigenvalue weighted by molar-refractivity contribution is 6.75. The van der Waals surface area contributed by atoms with Crippen molar-refractivity contribution in [3.8, 4) is 11.1 Å². The molecule has 2 aromatic rings. The Morgan fingerprint density at radius 3 is 1.90 bits per heavy atom. The summed E-state index contributed by atoms with van der Waals surface area (Å²) in [6.45, 7) is 0.154. The Balaban J connectivity index is 1.91. The molecule has 21 heavy (non-hydrogen) atoms. The summed E-state index contributed by atoms with van der Waals surface area (Å²) < 4.78 is 3.13. The molecule has 0 amide bonds. The van der Waals surface area contributed by atoms with Gasteiger partial charge in [0.1, 0.15) is 6.61 Å². The van der Waals surface area contributed by atoms with Gasteiger partial charge in [-0.2, -0.15) is 0 Å². The van der Waals surface area contributed by atoms with Crippen LogP contribution in [0.4, 0.5) is 0 Å². The van der Waals surface area contributed by atoms with E-state index in [0.29, 0.717) is 0 Å². The highest BCUT2D eigenvalue weighted by Crippen LogP contribution is 2.44. The molecular formula is C16H11Cl3O2. The summed E-state index contributed by atoms with van der Waals surface area (Å²) in [5, 5.41) is 0. The minimum atomic E-state index is -2.04. The van der Waals surface area contributed by atoms with Crippen molar-refractivity contribution in [1.82, 2.24) is 0 Å². The van der Waals surface area contributed by atoms with Crippen molar-refractivity contribution in [2.75, 3.05) is 6.61 Å². The van der Waals surface area contributed by atoms with E-state index >= 15 is 0 Å². The molecule has 0 fully saturated rings. The van der Waals surface area contributed by atoms with Gasteiger partial charge in [0.25, 0.3) is 3.79 Å². The Morgan fingerprint density at radius 2 is 1.43 bits per heavy atom. The van der Waals surface area contributed by atoms with Gasteiger partial charge in [0.05, 0.1) is 0 Å². The Morgan fingerprint density at radius 1 is 0.952 bits per heavy atom. The molecule has 5 heteroatoms. The molecule has 0 bridgehead atoms. The summed E-state index contributed by atoms with van der Waals surface area (Å²) in [6, 6.07) is 16.1. The number of carbonyl (C=O) groups is 1. The number of halogens is 3. The first kappa shape index (κ1) is 14.7. The van der Waals surface area contributed by atoms with Gasteiger partial charge in [-0.15, -0.1) is 0 Å². The Bertz CT molecular complexity index is 646. The van der Waals surface area contributed by atoms with Gasteiger partial charge < -0.3 is 4.74 Å². The molecule has 0 atom stereocenters. The summed E-state index contributed by atoms with van der Waals surface area (Å²) in [4.78, 5) is 11.6. The molecular weight excluding hydrogens is 331 g/mol. The highest BCUT2D eigenvalue weighted by Gasteiger charge is 2.35. The van der Waals surface area contributed by atoms with E-state index in [1.165, 1.54) is 0 Å². The number of hydrogen-bond donors (Lipinski definition) is 0. The summed E-state index contributed by atoms with van der Waals surface area (Å²) in [6.07, 6.45) is 0. The van der Waals surface area contributed by atoms with Gasteiger partial charge in [0.15, 0.2) is 0 Å². The third-order valence-electron chi connectivity index (χ3n) is 3.58. The number of carbonyl (C=O) groups excluding carboxylic acids is 1. The van der Waals surface area contributed by atoms with Crippen molar-refractivity contribution in [1.29, 1.82) is 0 Å². The van der Waals surface area contributed by atoms with E-state index in [-0.39, 0.29) is 12.5 Å². The van der Waals surface area contributed by atoms with Crippen LogP contribution in [0.3, 0.4) is 0 Å². The fraction of sp³-hybridized carbons (Fsp3) is 0.188. The van der Waals surface area contributed by atoms with Crippen molar-refractivity contribution >= 4 is 40.8 Å². The molecule has 0 unspecified atom stereocenters. The smallest absolute Gasteiger partial charge is 0.358 e. The van der Waals surface area contributed by atoms with Crippen molar-refractivity contribution in [3.63, 3.8) is 0 Å².